The van der Waals surface area contributed by atoms with Crippen molar-refractivity contribution in [2.24, 2.45) is 0 Å². The molecule has 2 heterocycles. The van der Waals surface area contributed by atoms with Gasteiger partial charge in [0.1, 0.15) is 0 Å². The molecular formula is C27H36N4O2. The summed E-state index contributed by atoms with van der Waals surface area (Å²) < 4.78 is 0. The molecule has 2 aromatic carbocycles. The van der Waals surface area contributed by atoms with E-state index in [2.05, 4.69) is 39.4 Å². The van der Waals surface area contributed by atoms with Crippen LogP contribution in [0.15, 0.2) is 54.6 Å². The van der Waals surface area contributed by atoms with Crippen LogP contribution in [0.1, 0.15) is 38.2 Å². The van der Waals surface area contributed by atoms with Crippen molar-refractivity contribution in [1.82, 2.24) is 9.80 Å². The normalized spacial score (nSPS) is 18.1. The number of carbonyl (C=O) groups excluding carboxylic acids is 2. The standard InChI is InChI=1S/C27H36N4O2/c1-22(32)29-16-5-17-30(21-20-29)26-14-18-31(19-15-26)25-11-9-24(10-12-25)28-27(33)13-8-23-6-3-2-4-7-23/h2-4,6-7,9-12,26H,5,8,13-21H2,1H3,(H,28,33). The first-order valence-corrected chi connectivity index (χ1v) is 12.3. The van der Waals surface area contributed by atoms with Crippen molar-refractivity contribution in [3.63, 3.8) is 0 Å². The van der Waals surface area contributed by atoms with E-state index in [9.17, 15) is 9.59 Å². The fourth-order valence-electron chi connectivity index (χ4n) is 4.99. The fourth-order valence-corrected chi connectivity index (χ4v) is 4.99. The first-order chi connectivity index (χ1) is 16.1. The lowest BCUT2D eigenvalue weighted by Crippen LogP contribution is -2.46. The summed E-state index contributed by atoms with van der Waals surface area (Å²) >= 11 is 0. The molecule has 2 aromatic rings. The average molecular weight is 449 g/mol. The van der Waals surface area contributed by atoms with Gasteiger partial charge in [0.25, 0.3) is 0 Å². The minimum absolute atomic E-state index is 0.0493. The van der Waals surface area contributed by atoms with E-state index in [1.807, 2.05) is 35.2 Å². The summed E-state index contributed by atoms with van der Waals surface area (Å²) in [6.07, 6.45) is 4.61. The lowest BCUT2D eigenvalue weighted by atomic mass is 10.0. The summed E-state index contributed by atoms with van der Waals surface area (Å²) in [5.74, 6) is 0.246. The number of anilines is 2. The van der Waals surface area contributed by atoms with Gasteiger partial charge in [-0.1, -0.05) is 30.3 Å². The lowest BCUT2D eigenvalue weighted by molar-refractivity contribution is -0.128. The van der Waals surface area contributed by atoms with E-state index in [1.54, 1.807) is 6.92 Å². The van der Waals surface area contributed by atoms with Gasteiger partial charge in [-0.05, 0) is 55.5 Å². The first-order valence-electron chi connectivity index (χ1n) is 12.3. The molecule has 0 aromatic heterocycles. The smallest absolute Gasteiger partial charge is 0.224 e. The first kappa shape index (κ1) is 23.3. The second kappa shape index (κ2) is 11.3. The van der Waals surface area contributed by atoms with Crippen molar-refractivity contribution < 1.29 is 9.59 Å². The predicted octanol–water partition coefficient (Wildman–Crippen LogP) is 3.78. The molecule has 1 N–H and O–H groups in total. The van der Waals surface area contributed by atoms with Crippen LogP contribution >= 0.6 is 0 Å². The Balaban J connectivity index is 1.22. The summed E-state index contributed by atoms with van der Waals surface area (Å²) in [6.45, 7) is 7.58. The van der Waals surface area contributed by atoms with Crippen LogP contribution < -0.4 is 10.2 Å². The van der Waals surface area contributed by atoms with Gasteiger partial charge in [0.2, 0.25) is 11.8 Å². The Labute approximate surface area is 197 Å². The van der Waals surface area contributed by atoms with Crippen LogP contribution in [0.25, 0.3) is 0 Å². The zero-order valence-electron chi connectivity index (χ0n) is 19.7. The second-order valence-electron chi connectivity index (χ2n) is 9.19. The molecule has 0 aliphatic carbocycles. The summed E-state index contributed by atoms with van der Waals surface area (Å²) in [5.41, 5.74) is 3.25. The molecule has 4 rings (SSSR count). The van der Waals surface area contributed by atoms with E-state index in [0.717, 1.165) is 70.6 Å². The van der Waals surface area contributed by atoms with Gasteiger partial charge in [-0.15, -0.1) is 0 Å². The highest BCUT2D eigenvalue weighted by Gasteiger charge is 2.26. The SMILES string of the molecule is CC(=O)N1CCCN(C2CCN(c3ccc(NC(=O)CCc4ccccc4)cc3)CC2)CC1. The topological polar surface area (TPSA) is 55.9 Å². The van der Waals surface area contributed by atoms with E-state index in [4.69, 9.17) is 0 Å². The Hall–Kier alpha value is -2.86. The Bertz CT molecular complexity index is 907. The maximum absolute atomic E-state index is 12.3. The third kappa shape index (κ3) is 6.57. The van der Waals surface area contributed by atoms with Crippen LogP contribution in [0.4, 0.5) is 11.4 Å². The Morgan fingerprint density at radius 2 is 1.61 bits per heavy atom. The molecule has 6 heteroatoms. The number of nitrogens with one attached hydrogen (secondary N) is 1. The lowest BCUT2D eigenvalue weighted by Gasteiger charge is -2.39. The number of amides is 2. The highest BCUT2D eigenvalue weighted by atomic mass is 16.2. The number of rotatable bonds is 6. The quantitative estimate of drug-likeness (QED) is 0.731. The predicted molar refractivity (Wildman–Crippen MR) is 134 cm³/mol. The van der Waals surface area contributed by atoms with Gasteiger partial charge in [-0.25, -0.2) is 0 Å². The minimum atomic E-state index is 0.0493. The summed E-state index contributed by atoms with van der Waals surface area (Å²) in [6, 6.07) is 19.0. The van der Waals surface area contributed by atoms with Gasteiger partial charge in [0, 0.05) is 70.0 Å². The molecule has 2 aliphatic heterocycles. The molecule has 0 atom stereocenters. The van der Waals surface area contributed by atoms with Gasteiger partial charge in [-0.3, -0.25) is 14.5 Å². The van der Waals surface area contributed by atoms with Gasteiger partial charge in [0.15, 0.2) is 0 Å². The zero-order valence-corrected chi connectivity index (χ0v) is 19.7. The van der Waals surface area contributed by atoms with Crippen molar-refractivity contribution in [2.45, 2.75) is 45.1 Å². The van der Waals surface area contributed by atoms with E-state index in [0.29, 0.717) is 12.5 Å². The minimum Gasteiger partial charge on any atom is -0.371 e. The van der Waals surface area contributed by atoms with Gasteiger partial charge in [0.05, 0.1) is 0 Å². The Kier molecular flexibility index (Phi) is 8.00. The largest absolute Gasteiger partial charge is 0.371 e. The van der Waals surface area contributed by atoms with Crippen molar-refractivity contribution >= 4 is 23.2 Å². The molecule has 2 aliphatic rings. The number of carbonyl (C=O) groups is 2. The number of benzene rings is 2. The summed E-state index contributed by atoms with van der Waals surface area (Å²) in [4.78, 5) is 31.0. The fraction of sp³-hybridized carbons (Fsp3) is 0.481. The number of hydrogen-bond donors (Lipinski definition) is 1. The summed E-state index contributed by atoms with van der Waals surface area (Å²) in [5, 5.41) is 3.02. The summed E-state index contributed by atoms with van der Waals surface area (Å²) in [7, 11) is 0. The molecule has 0 bridgehead atoms. The van der Waals surface area contributed by atoms with Crippen LogP contribution in [0.3, 0.4) is 0 Å². The molecule has 176 valence electrons. The molecule has 2 fully saturated rings. The number of nitrogens with zero attached hydrogens (tertiary/aromatic N) is 3. The van der Waals surface area contributed by atoms with E-state index < -0.39 is 0 Å². The van der Waals surface area contributed by atoms with Crippen LogP contribution in [-0.2, 0) is 16.0 Å². The van der Waals surface area contributed by atoms with Crippen LogP contribution in [-0.4, -0.2) is 66.9 Å². The molecule has 2 amide bonds. The monoisotopic (exact) mass is 448 g/mol. The van der Waals surface area contributed by atoms with Crippen LogP contribution in [0, 0.1) is 0 Å². The van der Waals surface area contributed by atoms with E-state index in [-0.39, 0.29) is 11.8 Å². The molecule has 0 radical (unpaired) electrons. The number of piperidine rings is 1. The van der Waals surface area contributed by atoms with Crippen LogP contribution in [0.2, 0.25) is 0 Å². The molecule has 0 spiro atoms. The highest BCUT2D eigenvalue weighted by Crippen LogP contribution is 2.25. The third-order valence-electron chi connectivity index (χ3n) is 6.96. The molecule has 0 unspecified atom stereocenters. The highest BCUT2D eigenvalue weighted by molar-refractivity contribution is 5.91. The van der Waals surface area contributed by atoms with E-state index >= 15 is 0 Å². The molecular weight excluding hydrogens is 412 g/mol. The Morgan fingerprint density at radius 3 is 2.30 bits per heavy atom. The molecule has 2 saturated heterocycles. The average Bonchev–Trinajstić information content (AvgIpc) is 3.11. The van der Waals surface area contributed by atoms with Crippen molar-refractivity contribution in [3.05, 3.63) is 60.2 Å². The third-order valence-corrected chi connectivity index (χ3v) is 6.96. The van der Waals surface area contributed by atoms with Gasteiger partial charge >= 0.3 is 0 Å². The number of aryl methyl sites for hydroxylation is 1. The van der Waals surface area contributed by atoms with Crippen molar-refractivity contribution in [3.8, 4) is 0 Å². The van der Waals surface area contributed by atoms with E-state index in [1.165, 1.54) is 11.3 Å². The van der Waals surface area contributed by atoms with Crippen LogP contribution in [0.5, 0.6) is 0 Å². The van der Waals surface area contributed by atoms with Crippen molar-refractivity contribution in [2.75, 3.05) is 49.5 Å². The zero-order chi connectivity index (χ0) is 23.0. The number of hydrogen-bond acceptors (Lipinski definition) is 4. The molecule has 0 saturated carbocycles. The second-order valence-corrected chi connectivity index (χ2v) is 9.19. The van der Waals surface area contributed by atoms with Gasteiger partial charge < -0.3 is 15.1 Å². The maximum atomic E-state index is 12.3. The Morgan fingerprint density at radius 1 is 0.879 bits per heavy atom. The molecule has 33 heavy (non-hydrogen) atoms. The van der Waals surface area contributed by atoms with Crippen molar-refractivity contribution in [1.29, 1.82) is 0 Å². The maximum Gasteiger partial charge on any atom is 0.224 e. The molecule has 6 nitrogen and oxygen atoms in total. The van der Waals surface area contributed by atoms with Gasteiger partial charge in [-0.2, -0.15) is 0 Å².